The van der Waals surface area contributed by atoms with Crippen molar-refractivity contribution in [3.63, 3.8) is 0 Å². The number of carbonyl (C=O) groups excluding carboxylic acids is 2. The van der Waals surface area contributed by atoms with E-state index in [0.29, 0.717) is 23.9 Å². The van der Waals surface area contributed by atoms with Crippen LogP contribution in [0.1, 0.15) is 233 Å². The molecule has 3 atom stereocenters. The van der Waals surface area contributed by atoms with Crippen molar-refractivity contribution in [2.75, 3.05) is 40.9 Å². The molecule has 0 heterocycles. The molecular weight excluding hydrogens is 796 g/mol. The number of esters is 1. The van der Waals surface area contributed by atoms with E-state index in [2.05, 4.69) is 50.4 Å². The van der Waals surface area contributed by atoms with Gasteiger partial charge in [0, 0.05) is 12.8 Å². The number of phosphoric acid groups is 1. The van der Waals surface area contributed by atoms with Crippen LogP contribution in [-0.2, 0) is 27.9 Å². The number of hydrogen-bond donors (Lipinski definition) is 1. The van der Waals surface area contributed by atoms with Gasteiger partial charge in [-0.25, -0.2) is 0 Å². The van der Waals surface area contributed by atoms with E-state index in [-0.39, 0.29) is 24.9 Å². The zero-order chi connectivity index (χ0) is 45.8. The van der Waals surface area contributed by atoms with E-state index in [1.54, 1.807) is 0 Å². The van der Waals surface area contributed by atoms with Crippen LogP contribution in [0, 0.1) is 0 Å². The van der Waals surface area contributed by atoms with Gasteiger partial charge in [0.15, 0.2) is 0 Å². The van der Waals surface area contributed by atoms with Gasteiger partial charge in [-0.3, -0.25) is 14.2 Å². The summed E-state index contributed by atoms with van der Waals surface area (Å²) < 4.78 is 30.1. The molecule has 0 aliphatic carbocycles. The molecule has 0 aromatic heterocycles. The van der Waals surface area contributed by atoms with Gasteiger partial charge in [-0.1, -0.05) is 180 Å². The number of phosphoric ester groups is 1. The normalized spacial score (nSPS) is 14.2. The smallest absolute Gasteiger partial charge is 0.306 e. The van der Waals surface area contributed by atoms with E-state index in [4.69, 9.17) is 13.8 Å². The van der Waals surface area contributed by atoms with Crippen molar-refractivity contribution in [2.24, 2.45) is 0 Å². The van der Waals surface area contributed by atoms with Crippen LogP contribution in [0.2, 0.25) is 0 Å². The second-order valence-electron chi connectivity index (χ2n) is 18.7. The van der Waals surface area contributed by atoms with Gasteiger partial charge in [0.05, 0.1) is 33.8 Å². The first-order valence-corrected chi connectivity index (χ1v) is 27.3. The van der Waals surface area contributed by atoms with Crippen LogP contribution in [-0.4, -0.2) is 69.4 Å². The third-order valence-corrected chi connectivity index (χ3v) is 12.3. The first-order valence-electron chi connectivity index (χ1n) is 25.8. The highest BCUT2D eigenvalue weighted by Gasteiger charge is 2.27. The average Bonchev–Trinajstić information content (AvgIpc) is 3.22. The maximum Gasteiger partial charge on any atom is 0.306 e. The highest BCUT2D eigenvalue weighted by atomic mass is 31.2. The van der Waals surface area contributed by atoms with E-state index in [9.17, 15) is 19.0 Å². The number of ether oxygens (including phenoxy) is 1. The van der Waals surface area contributed by atoms with Gasteiger partial charge in [0.1, 0.15) is 19.3 Å². The van der Waals surface area contributed by atoms with Gasteiger partial charge in [0.25, 0.3) is 7.82 Å². The van der Waals surface area contributed by atoms with E-state index >= 15 is 0 Å². The molecule has 9 nitrogen and oxygen atoms in total. The summed E-state index contributed by atoms with van der Waals surface area (Å²) in [7, 11) is 1.17. The summed E-state index contributed by atoms with van der Waals surface area (Å²) in [6.45, 7) is 6.76. The van der Waals surface area contributed by atoms with Crippen molar-refractivity contribution in [3.05, 3.63) is 36.5 Å². The number of unbranched alkanes of at least 4 members (excludes halogenated alkanes) is 26. The predicted octanol–water partition coefficient (Wildman–Crippen LogP) is 14.2. The van der Waals surface area contributed by atoms with Crippen molar-refractivity contribution in [3.8, 4) is 0 Å². The number of nitrogens with one attached hydrogen (secondary N) is 1. The molecule has 0 aliphatic rings. The maximum absolute atomic E-state index is 13.4. The number of amides is 1. The van der Waals surface area contributed by atoms with Crippen LogP contribution in [0.25, 0.3) is 0 Å². The van der Waals surface area contributed by atoms with Crippen molar-refractivity contribution in [2.45, 2.75) is 245 Å². The lowest BCUT2D eigenvalue weighted by molar-refractivity contribution is -0.870. The zero-order valence-corrected chi connectivity index (χ0v) is 42.2. The van der Waals surface area contributed by atoms with Crippen LogP contribution in [0.5, 0.6) is 0 Å². The van der Waals surface area contributed by atoms with E-state index in [1.807, 2.05) is 33.3 Å². The third-order valence-electron chi connectivity index (χ3n) is 11.3. The summed E-state index contributed by atoms with van der Waals surface area (Å²) in [6.07, 6.45) is 48.2. The predicted molar refractivity (Wildman–Crippen MR) is 261 cm³/mol. The van der Waals surface area contributed by atoms with Crippen molar-refractivity contribution in [1.29, 1.82) is 0 Å². The molecule has 0 aromatic rings. The average molecular weight is 895 g/mol. The summed E-state index contributed by atoms with van der Waals surface area (Å²) in [5, 5.41) is 2.99. The van der Waals surface area contributed by atoms with Gasteiger partial charge in [-0.05, 0) is 76.7 Å². The SMILES string of the molecule is CCCC/C=C\CCCCCCCC(=O)NC(COP(=O)([O-])OCC[N+](C)(C)C)C(/C=C/CCCCCCCCCCCC)OC(=O)CCCCC/C=C\CCCCCCCC. The Bertz CT molecular complexity index is 1170. The molecule has 0 aromatic carbocycles. The second-order valence-corrected chi connectivity index (χ2v) is 20.1. The van der Waals surface area contributed by atoms with Gasteiger partial charge in [0.2, 0.25) is 5.91 Å². The molecule has 0 bridgehead atoms. The quantitative estimate of drug-likeness (QED) is 0.0213. The van der Waals surface area contributed by atoms with E-state index in [0.717, 1.165) is 89.9 Å². The van der Waals surface area contributed by atoms with Gasteiger partial charge < -0.3 is 28.5 Å². The Hall–Kier alpha value is -1.77. The van der Waals surface area contributed by atoms with Gasteiger partial charge >= 0.3 is 5.97 Å². The molecular formula is C52H99N2O7P. The number of carbonyl (C=O) groups is 2. The fourth-order valence-corrected chi connectivity index (χ4v) is 7.92. The van der Waals surface area contributed by atoms with Gasteiger partial charge in [-0.2, -0.15) is 0 Å². The Morgan fingerprint density at radius 2 is 0.952 bits per heavy atom. The topological polar surface area (TPSA) is 114 Å². The molecule has 1 N–H and O–H groups in total. The lowest BCUT2D eigenvalue weighted by Crippen LogP contribution is -2.47. The largest absolute Gasteiger partial charge is 0.756 e. The highest BCUT2D eigenvalue weighted by Crippen LogP contribution is 2.38. The van der Waals surface area contributed by atoms with Crippen LogP contribution in [0.3, 0.4) is 0 Å². The van der Waals surface area contributed by atoms with Gasteiger partial charge in [-0.15, -0.1) is 0 Å². The Balaban J connectivity index is 5.48. The van der Waals surface area contributed by atoms with E-state index in [1.165, 1.54) is 103 Å². The Labute approximate surface area is 383 Å². The maximum atomic E-state index is 13.4. The lowest BCUT2D eigenvalue weighted by atomic mass is 10.0. The molecule has 1 amide bonds. The minimum absolute atomic E-state index is 0.0253. The number of likely N-dealkylation sites (N-methyl/N-ethyl adjacent to an activating group) is 1. The van der Waals surface area contributed by atoms with E-state index < -0.39 is 26.6 Å². The summed E-state index contributed by atoms with van der Waals surface area (Å²) in [6, 6.07) is -0.893. The highest BCUT2D eigenvalue weighted by molar-refractivity contribution is 7.45. The Morgan fingerprint density at radius 1 is 0.548 bits per heavy atom. The van der Waals surface area contributed by atoms with Crippen LogP contribution >= 0.6 is 7.82 Å². The number of allylic oxidation sites excluding steroid dienone is 5. The zero-order valence-electron chi connectivity index (χ0n) is 41.3. The third kappa shape index (κ3) is 43.5. The summed E-state index contributed by atoms with van der Waals surface area (Å²) in [5.41, 5.74) is 0. The fourth-order valence-electron chi connectivity index (χ4n) is 7.20. The Morgan fingerprint density at radius 3 is 1.44 bits per heavy atom. The van der Waals surface area contributed by atoms with Crippen LogP contribution in [0.4, 0.5) is 0 Å². The number of quaternary nitrogens is 1. The molecule has 0 fully saturated rings. The molecule has 364 valence electrons. The minimum atomic E-state index is -4.69. The number of hydrogen-bond acceptors (Lipinski definition) is 7. The molecule has 3 unspecified atom stereocenters. The van der Waals surface area contributed by atoms with Crippen molar-refractivity contribution >= 4 is 19.7 Å². The van der Waals surface area contributed by atoms with Crippen LogP contribution < -0.4 is 10.2 Å². The molecule has 0 rings (SSSR count). The molecule has 0 spiro atoms. The Kier molecular flexibility index (Phi) is 41.9. The fraction of sp³-hybridized carbons (Fsp3) is 0.846. The minimum Gasteiger partial charge on any atom is -0.756 e. The molecule has 0 aliphatic heterocycles. The number of nitrogens with zero attached hydrogens (tertiary/aromatic N) is 1. The standard InChI is InChI=1S/C52H99N2O7P/c1-7-10-13-16-19-22-25-27-30-33-36-39-42-45-52(56)61-50(43-40-37-34-31-29-26-23-20-17-14-11-8-2)49(48-60-62(57,58)59-47-46-54(4,5)6)53-51(55)44-41-38-35-32-28-24-21-18-15-12-9-3/h18,21,27,30,40,43,49-50H,7-17,19-20,22-26,28-29,31-39,41-42,44-48H2,1-6H3,(H-,53,55,57,58)/b21-18-,30-27-,43-40+. The molecule has 62 heavy (non-hydrogen) atoms. The first kappa shape index (κ1) is 60.2. The van der Waals surface area contributed by atoms with Crippen LogP contribution in [0.15, 0.2) is 36.5 Å². The summed E-state index contributed by atoms with van der Waals surface area (Å²) >= 11 is 0. The molecule has 0 saturated carbocycles. The monoisotopic (exact) mass is 895 g/mol. The second kappa shape index (κ2) is 43.1. The van der Waals surface area contributed by atoms with Crippen molar-refractivity contribution in [1.82, 2.24) is 5.32 Å². The first-order chi connectivity index (χ1) is 29.9. The molecule has 0 radical (unpaired) electrons. The number of rotatable bonds is 46. The van der Waals surface area contributed by atoms with Crippen molar-refractivity contribution < 1.29 is 37.3 Å². The summed E-state index contributed by atoms with van der Waals surface area (Å²) in [4.78, 5) is 39.6. The summed E-state index contributed by atoms with van der Waals surface area (Å²) in [5.74, 6) is -0.570. The molecule has 0 saturated heterocycles. The lowest BCUT2D eigenvalue weighted by Gasteiger charge is -2.30. The molecule has 10 heteroatoms.